The van der Waals surface area contributed by atoms with Gasteiger partial charge in [-0.25, -0.2) is 9.97 Å². The predicted molar refractivity (Wildman–Crippen MR) is 64.8 cm³/mol. The van der Waals surface area contributed by atoms with E-state index in [2.05, 4.69) is 20.2 Å². The van der Waals surface area contributed by atoms with Gasteiger partial charge < -0.3 is 14.6 Å². The minimum absolute atomic E-state index is 0.793. The van der Waals surface area contributed by atoms with E-state index in [0.717, 1.165) is 43.5 Å². The van der Waals surface area contributed by atoms with Crippen LogP contribution in [0.2, 0.25) is 0 Å². The molecule has 0 bridgehead atoms. The Morgan fingerprint density at radius 3 is 2.59 bits per heavy atom. The first-order chi connectivity index (χ1) is 8.43. The van der Waals surface area contributed by atoms with Crippen molar-refractivity contribution in [2.75, 3.05) is 31.1 Å². The van der Waals surface area contributed by atoms with E-state index in [4.69, 9.17) is 4.42 Å². The van der Waals surface area contributed by atoms with Gasteiger partial charge in [0.25, 0.3) is 0 Å². The van der Waals surface area contributed by atoms with Gasteiger partial charge in [0.2, 0.25) is 5.95 Å². The summed E-state index contributed by atoms with van der Waals surface area (Å²) in [4.78, 5) is 11.0. The number of rotatable bonds is 2. The van der Waals surface area contributed by atoms with Gasteiger partial charge in [-0.1, -0.05) is 0 Å². The molecule has 88 valence electrons. The second kappa shape index (κ2) is 4.55. The molecule has 1 N–H and O–H groups in total. The Labute approximate surface area is 99.5 Å². The minimum atomic E-state index is 0.793. The van der Waals surface area contributed by atoms with E-state index in [-0.39, 0.29) is 0 Å². The predicted octanol–water partition coefficient (Wildman–Crippen LogP) is 1.15. The van der Waals surface area contributed by atoms with Crippen LogP contribution in [0.1, 0.15) is 0 Å². The maximum Gasteiger partial charge on any atom is 0.225 e. The van der Waals surface area contributed by atoms with Gasteiger partial charge >= 0.3 is 0 Å². The van der Waals surface area contributed by atoms with Gasteiger partial charge in [-0.15, -0.1) is 0 Å². The van der Waals surface area contributed by atoms with E-state index in [0.29, 0.717) is 0 Å². The zero-order valence-corrected chi connectivity index (χ0v) is 9.47. The molecule has 0 spiro atoms. The largest absolute Gasteiger partial charge is 0.464 e. The number of nitrogens with zero attached hydrogens (tertiary/aromatic N) is 3. The molecule has 0 aromatic carbocycles. The van der Waals surface area contributed by atoms with Crippen molar-refractivity contribution in [1.82, 2.24) is 15.3 Å². The summed E-state index contributed by atoms with van der Waals surface area (Å²) >= 11 is 0. The number of piperazine rings is 1. The first kappa shape index (κ1) is 10.3. The third kappa shape index (κ3) is 2.14. The highest BCUT2D eigenvalue weighted by Gasteiger charge is 2.12. The standard InChI is InChI=1S/C12H14N4O/c1-2-11(17-7-1)10-8-14-12(15-9-10)16-5-3-13-4-6-16/h1-2,7-9,13H,3-6H2. The lowest BCUT2D eigenvalue weighted by Crippen LogP contribution is -2.44. The van der Waals surface area contributed by atoms with E-state index in [1.807, 2.05) is 24.5 Å². The number of nitrogens with one attached hydrogen (secondary N) is 1. The Hall–Kier alpha value is -1.88. The van der Waals surface area contributed by atoms with Crippen LogP contribution in [0.25, 0.3) is 11.3 Å². The number of anilines is 1. The van der Waals surface area contributed by atoms with Crippen molar-refractivity contribution in [1.29, 1.82) is 0 Å². The summed E-state index contributed by atoms with van der Waals surface area (Å²) in [5, 5.41) is 3.31. The number of hydrogen-bond donors (Lipinski definition) is 1. The van der Waals surface area contributed by atoms with Crippen molar-refractivity contribution in [2.45, 2.75) is 0 Å². The van der Waals surface area contributed by atoms with Gasteiger partial charge in [-0.3, -0.25) is 0 Å². The zero-order chi connectivity index (χ0) is 11.5. The summed E-state index contributed by atoms with van der Waals surface area (Å²) in [6.07, 6.45) is 5.27. The van der Waals surface area contributed by atoms with Crippen LogP contribution in [0.4, 0.5) is 5.95 Å². The van der Waals surface area contributed by atoms with Crippen LogP contribution in [-0.4, -0.2) is 36.1 Å². The molecule has 2 aromatic heterocycles. The van der Waals surface area contributed by atoms with E-state index >= 15 is 0 Å². The molecule has 17 heavy (non-hydrogen) atoms. The lowest BCUT2D eigenvalue weighted by atomic mass is 10.3. The van der Waals surface area contributed by atoms with Gasteiger partial charge in [-0.05, 0) is 12.1 Å². The third-order valence-corrected chi connectivity index (χ3v) is 2.84. The molecule has 1 aliphatic heterocycles. The Morgan fingerprint density at radius 1 is 1.18 bits per heavy atom. The van der Waals surface area contributed by atoms with Crippen molar-refractivity contribution in [3.05, 3.63) is 30.8 Å². The van der Waals surface area contributed by atoms with Gasteiger partial charge in [0.15, 0.2) is 0 Å². The fourth-order valence-electron chi connectivity index (χ4n) is 1.92. The lowest BCUT2D eigenvalue weighted by Gasteiger charge is -2.27. The van der Waals surface area contributed by atoms with Crippen LogP contribution < -0.4 is 10.2 Å². The Kier molecular flexibility index (Phi) is 2.75. The number of furan rings is 1. The second-order valence-corrected chi connectivity index (χ2v) is 3.99. The van der Waals surface area contributed by atoms with Crippen LogP contribution in [-0.2, 0) is 0 Å². The molecular weight excluding hydrogens is 216 g/mol. The van der Waals surface area contributed by atoms with Crippen molar-refractivity contribution >= 4 is 5.95 Å². The Bertz CT molecular complexity index is 460. The van der Waals surface area contributed by atoms with Crippen molar-refractivity contribution in [3.63, 3.8) is 0 Å². The molecular formula is C12H14N4O. The van der Waals surface area contributed by atoms with Gasteiger partial charge in [-0.2, -0.15) is 0 Å². The van der Waals surface area contributed by atoms with E-state index < -0.39 is 0 Å². The first-order valence-electron chi connectivity index (χ1n) is 5.75. The van der Waals surface area contributed by atoms with Crippen molar-refractivity contribution in [3.8, 4) is 11.3 Å². The van der Waals surface area contributed by atoms with Crippen LogP contribution in [0.15, 0.2) is 35.2 Å². The zero-order valence-electron chi connectivity index (χ0n) is 9.47. The van der Waals surface area contributed by atoms with Crippen LogP contribution in [0.5, 0.6) is 0 Å². The SMILES string of the molecule is c1coc(-c2cnc(N3CCNCC3)nc2)c1. The quantitative estimate of drug-likeness (QED) is 0.838. The highest BCUT2D eigenvalue weighted by molar-refractivity contribution is 5.55. The molecule has 2 aromatic rings. The summed E-state index contributed by atoms with van der Waals surface area (Å²) in [5.74, 6) is 1.60. The first-order valence-corrected chi connectivity index (χ1v) is 5.75. The maximum absolute atomic E-state index is 5.30. The highest BCUT2D eigenvalue weighted by Crippen LogP contribution is 2.19. The Morgan fingerprint density at radius 2 is 1.94 bits per heavy atom. The second-order valence-electron chi connectivity index (χ2n) is 3.99. The van der Waals surface area contributed by atoms with E-state index in [1.54, 1.807) is 6.26 Å². The molecule has 0 saturated carbocycles. The van der Waals surface area contributed by atoms with Crippen LogP contribution in [0.3, 0.4) is 0 Å². The monoisotopic (exact) mass is 230 g/mol. The molecule has 0 aliphatic carbocycles. The molecule has 1 aliphatic rings. The molecule has 0 atom stereocenters. The van der Waals surface area contributed by atoms with E-state index in [9.17, 15) is 0 Å². The molecule has 1 fully saturated rings. The molecule has 5 nitrogen and oxygen atoms in total. The minimum Gasteiger partial charge on any atom is -0.464 e. The van der Waals surface area contributed by atoms with Crippen LogP contribution in [0, 0.1) is 0 Å². The fourth-order valence-corrected chi connectivity index (χ4v) is 1.92. The molecule has 5 heteroatoms. The van der Waals surface area contributed by atoms with Gasteiger partial charge in [0.05, 0.1) is 11.8 Å². The summed E-state index contributed by atoms with van der Waals surface area (Å²) in [6, 6.07) is 3.77. The number of hydrogen-bond acceptors (Lipinski definition) is 5. The van der Waals surface area contributed by atoms with Crippen LogP contribution >= 0.6 is 0 Å². The molecule has 0 amide bonds. The summed E-state index contributed by atoms with van der Waals surface area (Å²) < 4.78 is 5.30. The summed E-state index contributed by atoms with van der Waals surface area (Å²) in [7, 11) is 0. The van der Waals surface area contributed by atoms with Gasteiger partial charge in [0.1, 0.15) is 5.76 Å². The summed E-state index contributed by atoms with van der Waals surface area (Å²) in [5.41, 5.74) is 0.911. The fraction of sp³-hybridized carbons (Fsp3) is 0.333. The van der Waals surface area contributed by atoms with Gasteiger partial charge in [0, 0.05) is 38.6 Å². The van der Waals surface area contributed by atoms with E-state index in [1.165, 1.54) is 0 Å². The smallest absolute Gasteiger partial charge is 0.225 e. The van der Waals surface area contributed by atoms with Crippen molar-refractivity contribution < 1.29 is 4.42 Å². The molecule has 3 rings (SSSR count). The summed E-state index contributed by atoms with van der Waals surface area (Å²) in [6.45, 7) is 3.90. The molecule has 0 radical (unpaired) electrons. The highest BCUT2D eigenvalue weighted by atomic mass is 16.3. The Balaban J connectivity index is 1.80. The maximum atomic E-state index is 5.30. The molecule has 1 saturated heterocycles. The molecule has 3 heterocycles. The third-order valence-electron chi connectivity index (χ3n) is 2.84. The lowest BCUT2D eigenvalue weighted by molar-refractivity contribution is 0.576. The van der Waals surface area contributed by atoms with Crippen molar-refractivity contribution in [2.24, 2.45) is 0 Å². The molecule has 0 unspecified atom stereocenters. The normalized spacial score (nSPS) is 16.1. The average molecular weight is 230 g/mol. The average Bonchev–Trinajstić information content (AvgIpc) is 2.94. The number of aromatic nitrogens is 2. The topological polar surface area (TPSA) is 54.2 Å².